The molecule has 1 aliphatic rings. The van der Waals surface area contributed by atoms with E-state index in [1.807, 2.05) is 12.1 Å². The van der Waals surface area contributed by atoms with Crippen molar-refractivity contribution in [2.24, 2.45) is 5.92 Å². The van der Waals surface area contributed by atoms with Gasteiger partial charge in [-0.25, -0.2) is 0 Å². The van der Waals surface area contributed by atoms with E-state index >= 15 is 0 Å². The van der Waals surface area contributed by atoms with Gasteiger partial charge in [0.05, 0.1) is 0 Å². The molecule has 1 aliphatic heterocycles. The molecule has 3 nitrogen and oxygen atoms in total. The van der Waals surface area contributed by atoms with Crippen molar-refractivity contribution in [1.29, 1.82) is 0 Å². The molecule has 0 spiro atoms. The second-order valence-electron chi connectivity index (χ2n) is 4.58. The maximum Gasteiger partial charge on any atom is 0.139 e. The Morgan fingerprint density at radius 1 is 1.41 bits per heavy atom. The molecule has 0 aliphatic carbocycles. The number of rotatable bonds is 4. The van der Waals surface area contributed by atoms with E-state index < -0.39 is 0 Å². The second-order valence-corrected chi connectivity index (χ2v) is 5.50. The molecule has 4 heteroatoms. The van der Waals surface area contributed by atoms with Crippen LogP contribution in [0.3, 0.4) is 0 Å². The van der Waals surface area contributed by atoms with Gasteiger partial charge in [-0.05, 0) is 59.9 Å². The van der Waals surface area contributed by atoms with Gasteiger partial charge in [-0.15, -0.1) is 0 Å². The highest BCUT2D eigenvalue weighted by Gasteiger charge is 2.17. The second kappa shape index (κ2) is 6.26. The monoisotopic (exact) mass is 296 g/mol. The van der Waals surface area contributed by atoms with Crippen LogP contribution in [0.1, 0.15) is 25.0 Å². The molecule has 0 atom stereocenters. The third-order valence-corrected chi connectivity index (χ3v) is 3.61. The smallest absolute Gasteiger partial charge is 0.139 e. The number of halogens is 1. The van der Waals surface area contributed by atoms with E-state index in [0.29, 0.717) is 24.5 Å². The van der Waals surface area contributed by atoms with Crippen molar-refractivity contribution < 1.29 is 4.79 Å². The number of nitrogens with zero attached hydrogens (tertiary/aromatic N) is 1. The summed E-state index contributed by atoms with van der Waals surface area (Å²) < 4.78 is 0.951. The van der Waals surface area contributed by atoms with Crippen LogP contribution in [-0.4, -0.2) is 23.9 Å². The van der Waals surface area contributed by atoms with Crippen molar-refractivity contribution in [3.63, 3.8) is 0 Å². The number of hydrogen-bond donors (Lipinski definition) is 1. The van der Waals surface area contributed by atoms with Crippen molar-refractivity contribution in [1.82, 2.24) is 10.3 Å². The number of nitrogens with one attached hydrogen (secondary N) is 1. The molecule has 0 aromatic carbocycles. The molecule has 1 aromatic heterocycles. The molecule has 17 heavy (non-hydrogen) atoms. The number of pyridine rings is 1. The van der Waals surface area contributed by atoms with Crippen LogP contribution in [0.25, 0.3) is 0 Å². The van der Waals surface area contributed by atoms with Crippen LogP contribution in [0.4, 0.5) is 0 Å². The molecule has 1 fully saturated rings. The average Bonchev–Trinajstić information content (AvgIpc) is 2.33. The average molecular weight is 297 g/mol. The van der Waals surface area contributed by atoms with Crippen LogP contribution in [0.15, 0.2) is 22.8 Å². The zero-order valence-corrected chi connectivity index (χ0v) is 11.4. The van der Waals surface area contributed by atoms with E-state index in [4.69, 9.17) is 0 Å². The van der Waals surface area contributed by atoms with E-state index in [-0.39, 0.29) is 0 Å². The summed E-state index contributed by atoms with van der Waals surface area (Å²) in [6, 6.07) is 3.84. The van der Waals surface area contributed by atoms with Crippen LogP contribution in [0.2, 0.25) is 0 Å². The first-order valence-corrected chi connectivity index (χ1v) is 6.86. The van der Waals surface area contributed by atoms with Crippen molar-refractivity contribution >= 4 is 21.7 Å². The summed E-state index contributed by atoms with van der Waals surface area (Å²) in [6.07, 6.45) is 5.17. The molecule has 1 N–H and O–H groups in total. The Morgan fingerprint density at radius 3 is 2.82 bits per heavy atom. The molecule has 0 amide bonds. The van der Waals surface area contributed by atoms with Gasteiger partial charge < -0.3 is 5.32 Å². The van der Waals surface area contributed by atoms with Gasteiger partial charge in [-0.2, -0.15) is 0 Å². The molecule has 0 saturated carbocycles. The summed E-state index contributed by atoms with van der Waals surface area (Å²) in [4.78, 5) is 16.1. The molecule has 0 unspecified atom stereocenters. The number of Topliss-reactive ketones (excluding diaryl/α,β-unsaturated/α-hetero) is 1. The Morgan fingerprint density at radius 2 is 2.18 bits per heavy atom. The van der Waals surface area contributed by atoms with Gasteiger partial charge >= 0.3 is 0 Å². The van der Waals surface area contributed by atoms with Gasteiger partial charge in [-0.3, -0.25) is 9.78 Å². The Bertz CT molecular complexity index is 372. The van der Waals surface area contributed by atoms with Gasteiger partial charge in [0.25, 0.3) is 0 Å². The zero-order valence-electron chi connectivity index (χ0n) is 9.79. The molecular formula is C13H17BrN2O. The molecular weight excluding hydrogens is 280 g/mol. The predicted octanol–water partition coefficient (Wildman–Crippen LogP) is 2.35. The van der Waals surface area contributed by atoms with E-state index in [0.717, 1.165) is 36.1 Å². The highest BCUT2D eigenvalue weighted by Crippen LogP contribution is 2.17. The Balaban J connectivity index is 1.82. The van der Waals surface area contributed by atoms with Crippen LogP contribution >= 0.6 is 15.9 Å². The summed E-state index contributed by atoms with van der Waals surface area (Å²) in [5.41, 5.74) is 0.868. The SMILES string of the molecule is O=C(Cc1ccc(Br)cn1)CC1CCNCC1. The van der Waals surface area contributed by atoms with Crippen molar-refractivity contribution in [3.05, 3.63) is 28.5 Å². The Kier molecular flexibility index (Phi) is 4.68. The molecule has 0 radical (unpaired) electrons. The minimum atomic E-state index is 0.312. The minimum Gasteiger partial charge on any atom is -0.317 e. The fourth-order valence-corrected chi connectivity index (χ4v) is 2.43. The van der Waals surface area contributed by atoms with Gasteiger partial charge in [0.15, 0.2) is 0 Å². The predicted molar refractivity (Wildman–Crippen MR) is 70.9 cm³/mol. The third kappa shape index (κ3) is 4.21. The number of carbonyl (C=O) groups is 1. The van der Waals surface area contributed by atoms with E-state index in [1.54, 1.807) is 6.20 Å². The summed E-state index contributed by atoms with van der Waals surface area (Å²) >= 11 is 3.34. The third-order valence-electron chi connectivity index (χ3n) is 3.14. The Hall–Kier alpha value is -0.740. The largest absolute Gasteiger partial charge is 0.317 e. The van der Waals surface area contributed by atoms with Gasteiger partial charge in [0.2, 0.25) is 0 Å². The molecule has 1 saturated heterocycles. The molecule has 2 rings (SSSR count). The first-order chi connectivity index (χ1) is 8.24. The highest BCUT2D eigenvalue weighted by atomic mass is 79.9. The lowest BCUT2D eigenvalue weighted by Gasteiger charge is -2.21. The number of aromatic nitrogens is 1. The quantitative estimate of drug-likeness (QED) is 0.927. The first kappa shape index (κ1) is 12.7. The van der Waals surface area contributed by atoms with Gasteiger partial charge in [0.1, 0.15) is 5.78 Å². The number of ketones is 1. The summed E-state index contributed by atoms with van der Waals surface area (Å²) in [6.45, 7) is 2.10. The number of piperidine rings is 1. The van der Waals surface area contributed by atoms with Crippen molar-refractivity contribution in [3.8, 4) is 0 Å². The number of hydrogen-bond acceptors (Lipinski definition) is 3. The Labute approximate surface area is 110 Å². The lowest BCUT2D eigenvalue weighted by atomic mass is 9.91. The fourth-order valence-electron chi connectivity index (χ4n) is 2.19. The summed E-state index contributed by atoms with van der Waals surface area (Å²) in [7, 11) is 0. The van der Waals surface area contributed by atoms with E-state index in [2.05, 4.69) is 26.2 Å². The maximum absolute atomic E-state index is 11.9. The van der Waals surface area contributed by atoms with E-state index in [9.17, 15) is 4.79 Å². The van der Waals surface area contributed by atoms with Crippen LogP contribution in [0, 0.1) is 5.92 Å². The van der Waals surface area contributed by atoms with Gasteiger partial charge in [-0.1, -0.05) is 0 Å². The van der Waals surface area contributed by atoms with Crippen LogP contribution < -0.4 is 5.32 Å². The minimum absolute atomic E-state index is 0.312. The molecule has 0 bridgehead atoms. The lowest BCUT2D eigenvalue weighted by Crippen LogP contribution is -2.29. The van der Waals surface area contributed by atoms with Crippen LogP contribution in [-0.2, 0) is 11.2 Å². The van der Waals surface area contributed by atoms with E-state index in [1.165, 1.54) is 0 Å². The number of carbonyl (C=O) groups excluding carboxylic acids is 1. The zero-order chi connectivity index (χ0) is 12.1. The summed E-state index contributed by atoms with van der Waals surface area (Å²) in [5, 5.41) is 3.32. The normalized spacial score (nSPS) is 17.0. The highest BCUT2D eigenvalue weighted by molar-refractivity contribution is 9.10. The maximum atomic E-state index is 11.9. The van der Waals surface area contributed by atoms with Gasteiger partial charge in [0, 0.05) is 29.2 Å². The molecule has 92 valence electrons. The van der Waals surface area contributed by atoms with Crippen molar-refractivity contribution in [2.75, 3.05) is 13.1 Å². The van der Waals surface area contributed by atoms with Crippen LogP contribution in [0.5, 0.6) is 0 Å². The standard InChI is InChI=1S/C13H17BrN2O/c14-11-1-2-12(16-9-11)8-13(17)7-10-3-5-15-6-4-10/h1-2,9-10,15H,3-8H2. The summed E-state index contributed by atoms with van der Waals surface area (Å²) in [5.74, 6) is 0.880. The fraction of sp³-hybridized carbons (Fsp3) is 0.538. The lowest BCUT2D eigenvalue weighted by molar-refractivity contribution is -0.119. The molecule has 1 aromatic rings. The van der Waals surface area contributed by atoms with Crippen molar-refractivity contribution in [2.45, 2.75) is 25.7 Å². The first-order valence-electron chi connectivity index (χ1n) is 6.07. The topological polar surface area (TPSA) is 42.0 Å². The molecule has 2 heterocycles.